The molecule has 4 rings (SSSR count). The minimum atomic E-state index is 0.581. The van der Waals surface area contributed by atoms with Crippen molar-refractivity contribution in [3.63, 3.8) is 0 Å². The van der Waals surface area contributed by atoms with Crippen molar-refractivity contribution in [2.24, 2.45) is 12.5 Å². The number of nitrogens with zero attached hydrogens (tertiary/aromatic N) is 5. The fourth-order valence-corrected chi connectivity index (χ4v) is 4.79. The lowest BCUT2D eigenvalue weighted by Gasteiger charge is -2.33. The standard InChI is InChI=1S/C17H25N5S/c1-20(13-16-18-5-8-23-16)15-9-17(15)3-6-22(7-4-17)12-14-10-19-21(2)11-14/h5,8,10-11,15H,3-4,6-7,9,12-13H2,1-2H3/t15-/m0/s1. The maximum absolute atomic E-state index is 4.42. The Bertz CT molecular complexity index is 642. The third-order valence-electron chi connectivity index (χ3n) is 5.56. The topological polar surface area (TPSA) is 37.2 Å². The third kappa shape index (κ3) is 3.20. The van der Waals surface area contributed by atoms with E-state index in [4.69, 9.17) is 0 Å². The van der Waals surface area contributed by atoms with Crippen LogP contribution < -0.4 is 0 Å². The second-order valence-electron chi connectivity index (χ2n) is 7.22. The SMILES string of the molecule is CN(Cc1nccs1)[C@H]1CC12CCN(Cc1cnn(C)c1)CC2. The average molecular weight is 331 g/mol. The van der Waals surface area contributed by atoms with Gasteiger partial charge in [0.05, 0.1) is 12.7 Å². The molecule has 0 amide bonds. The number of thiazole rings is 1. The van der Waals surface area contributed by atoms with Gasteiger partial charge < -0.3 is 0 Å². The minimum Gasteiger partial charge on any atom is -0.299 e. The van der Waals surface area contributed by atoms with Crippen LogP contribution >= 0.6 is 11.3 Å². The summed E-state index contributed by atoms with van der Waals surface area (Å²) in [6.07, 6.45) is 10.1. The van der Waals surface area contributed by atoms with Crippen LogP contribution in [0.4, 0.5) is 0 Å². The van der Waals surface area contributed by atoms with Crippen molar-refractivity contribution < 1.29 is 0 Å². The number of aromatic nitrogens is 3. The zero-order valence-electron chi connectivity index (χ0n) is 14.0. The molecule has 1 saturated heterocycles. The van der Waals surface area contributed by atoms with Crippen molar-refractivity contribution in [2.75, 3.05) is 20.1 Å². The summed E-state index contributed by atoms with van der Waals surface area (Å²) in [5.41, 5.74) is 1.91. The second-order valence-corrected chi connectivity index (χ2v) is 8.20. The van der Waals surface area contributed by atoms with Crippen molar-refractivity contribution in [3.05, 3.63) is 34.5 Å². The van der Waals surface area contributed by atoms with Crippen LogP contribution in [0.15, 0.2) is 24.0 Å². The third-order valence-corrected chi connectivity index (χ3v) is 6.33. The van der Waals surface area contributed by atoms with Gasteiger partial charge in [0.2, 0.25) is 0 Å². The summed E-state index contributed by atoms with van der Waals surface area (Å²) in [4.78, 5) is 9.53. The van der Waals surface area contributed by atoms with E-state index in [2.05, 4.69) is 38.5 Å². The van der Waals surface area contributed by atoms with Gasteiger partial charge in [0, 0.05) is 43.0 Å². The molecule has 5 nitrogen and oxygen atoms in total. The highest BCUT2D eigenvalue weighted by atomic mass is 32.1. The van der Waals surface area contributed by atoms with Crippen LogP contribution in [0.2, 0.25) is 0 Å². The van der Waals surface area contributed by atoms with Gasteiger partial charge >= 0.3 is 0 Å². The molecule has 1 saturated carbocycles. The Morgan fingerprint density at radius 3 is 2.87 bits per heavy atom. The molecule has 1 spiro atoms. The van der Waals surface area contributed by atoms with E-state index in [1.54, 1.807) is 11.3 Å². The smallest absolute Gasteiger partial charge is 0.107 e. The predicted octanol–water partition coefficient (Wildman–Crippen LogP) is 2.36. The number of piperidine rings is 1. The predicted molar refractivity (Wildman–Crippen MR) is 92.1 cm³/mol. The molecule has 3 heterocycles. The molecule has 23 heavy (non-hydrogen) atoms. The van der Waals surface area contributed by atoms with Crippen LogP contribution in [0.5, 0.6) is 0 Å². The molecule has 0 bridgehead atoms. The van der Waals surface area contributed by atoms with Crippen LogP contribution in [0.1, 0.15) is 29.8 Å². The fourth-order valence-electron chi connectivity index (χ4n) is 4.11. The number of rotatable bonds is 5. The molecule has 0 aromatic carbocycles. The van der Waals surface area contributed by atoms with Crippen LogP contribution in [0.25, 0.3) is 0 Å². The monoisotopic (exact) mass is 331 g/mol. The van der Waals surface area contributed by atoms with Gasteiger partial charge in [-0.25, -0.2) is 4.98 Å². The summed E-state index contributed by atoms with van der Waals surface area (Å²) in [5, 5.41) is 7.58. The van der Waals surface area contributed by atoms with E-state index in [0.29, 0.717) is 5.41 Å². The number of aryl methyl sites for hydroxylation is 1. The van der Waals surface area contributed by atoms with E-state index < -0.39 is 0 Å². The van der Waals surface area contributed by atoms with Crippen LogP contribution in [-0.4, -0.2) is 50.7 Å². The normalized spacial score (nSPS) is 23.7. The Labute approximate surface area is 141 Å². The molecule has 1 atom stereocenters. The lowest BCUT2D eigenvalue weighted by Crippen LogP contribution is -2.37. The minimum absolute atomic E-state index is 0.581. The van der Waals surface area contributed by atoms with Crippen LogP contribution in [0, 0.1) is 5.41 Å². The molecular weight excluding hydrogens is 306 g/mol. The van der Waals surface area contributed by atoms with Crippen molar-refractivity contribution >= 4 is 11.3 Å². The van der Waals surface area contributed by atoms with Crippen molar-refractivity contribution in [3.8, 4) is 0 Å². The second kappa shape index (κ2) is 6.00. The first-order valence-electron chi connectivity index (χ1n) is 8.43. The zero-order chi connectivity index (χ0) is 15.9. The fraction of sp³-hybridized carbons (Fsp3) is 0.647. The first kappa shape index (κ1) is 15.3. The molecule has 1 aliphatic carbocycles. The van der Waals surface area contributed by atoms with E-state index in [1.165, 1.54) is 42.9 Å². The average Bonchev–Trinajstić information content (AvgIpc) is 2.88. The number of likely N-dealkylation sites (tertiary alicyclic amines) is 1. The summed E-state index contributed by atoms with van der Waals surface area (Å²) in [7, 11) is 4.25. The lowest BCUT2D eigenvalue weighted by atomic mass is 9.92. The van der Waals surface area contributed by atoms with Gasteiger partial charge in [-0.2, -0.15) is 5.10 Å². The first-order chi connectivity index (χ1) is 11.1. The van der Waals surface area contributed by atoms with Gasteiger partial charge in [0.25, 0.3) is 0 Å². The quantitative estimate of drug-likeness (QED) is 0.843. The maximum atomic E-state index is 4.42. The van der Waals surface area contributed by atoms with Crippen molar-refractivity contribution in [1.29, 1.82) is 0 Å². The highest BCUT2D eigenvalue weighted by Gasteiger charge is 2.56. The summed E-state index contributed by atoms with van der Waals surface area (Å²) >= 11 is 1.77. The Balaban J connectivity index is 1.28. The summed E-state index contributed by atoms with van der Waals surface area (Å²) in [5.74, 6) is 0. The maximum Gasteiger partial charge on any atom is 0.107 e. The van der Waals surface area contributed by atoms with E-state index >= 15 is 0 Å². The van der Waals surface area contributed by atoms with Crippen LogP contribution in [0.3, 0.4) is 0 Å². The van der Waals surface area contributed by atoms with E-state index in [0.717, 1.165) is 19.1 Å². The largest absolute Gasteiger partial charge is 0.299 e. The summed E-state index contributed by atoms with van der Waals surface area (Å²) in [6, 6.07) is 0.756. The molecule has 0 radical (unpaired) electrons. The molecule has 2 aromatic rings. The Morgan fingerprint density at radius 1 is 1.39 bits per heavy atom. The number of hydrogen-bond acceptors (Lipinski definition) is 5. The Kier molecular flexibility index (Phi) is 3.99. The van der Waals surface area contributed by atoms with E-state index in [-0.39, 0.29) is 0 Å². The van der Waals surface area contributed by atoms with Gasteiger partial charge in [0.1, 0.15) is 5.01 Å². The van der Waals surface area contributed by atoms with Gasteiger partial charge in [-0.15, -0.1) is 11.3 Å². The van der Waals surface area contributed by atoms with Crippen molar-refractivity contribution in [2.45, 2.75) is 38.4 Å². The molecule has 0 N–H and O–H groups in total. The molecule has 2 aromatic heterocycles. The molecule has 6 heteroatoms. The van der Waals surface area contributed by atoms with Gasteiger partial charge in [0.15, 0.2) is 0 Å². The van der Waals surface area contributed by atoms with Gasteiger partial charge in [-0.1, -0.05) is 0 Å². The highest BCUT2D eigenvalue weighted by molar-refractivity contribution is 7.09. The van der Waals surface area contributed by atoms with Crippen LogP contribution in [-0.2, 0) is 20.1 Å². The molecular formula is C17H25N5S. The summed E-state index contributed by atoms with van der Waals surface area (Å²) < 4.78 is 1.89. The number of hydrogen-bond donors (Lipinski definition) is 0. The van der Waals surface area contributed by atoms with Gasteiger partial charge in [-0.05, 0) is 44.8 Å². The first-order valence-corrected chi connectivity index (χ1v) is 9.31. The lowest BCUT2D eigenvalue weighted by molar-refractivity contribution is 0.139. The van der Waals surface area contributed by atoms with Crippen molar-refractivity contribution in [1.82, 2.24) is 24.6 Å². The molecule has 124 valence electrons. The Morgan fingerprint density at radius 2 is 2.22 bits per heavy atom. The molecule has 2 aliphatic rings. The molecule has 0 unspecified atom stereocenters. The zero-order valence-corrected chi connectivity index (χ0v) is 14.8. The molecule has 2 fully saturated rings. The molecule has 1 aliphatic heterocycles. The van der Waals surface area contributed by atoms with E-state index in [9.17, 15) is 0 Å². The van der Waals surface area contributed by atoms with Gasteiger partial charge in [-0.3, -0.25) is 14.5 Å². The summed E-state index contributed by atoms with van der Waals surface area (Å²) in [6.45, 7) is 4.49. The highest BCUT2D eigenvalue weighted by Crippen LogP contribution is 2.56. The van der Waals surface area contributed by atoms with E-state index in [1.807, 2.05) is 24.1 Å². The Hall–Kier alpha value is -1.24.